The number of rotatable bonds is 2. The van der Waals surface area contributed by atoms with Crippen molar-refractivity contribution in [3.63, 3.8) is 0 Å². The van der Waals surface area contributed by atoms with Gasteiger partial charge in [0.05, 0.1) is 17.7 Å². The van der Waals surface area contributed by atoms with Crippen LogP contribution in [0.15, 0.2) is 46.9 Å². The van der Waals surface area contributed by atoms with Crippen molar-refractivity contribution in [3.05, 3.63) is 58.8 Å². The van der Waals surface area contributed by atoms with Crippen molar-refractivity contribution in [1.82, 2.24) is 0 Å². The topological polar surface area (TPSA) is 39.4 Å². The van der Waals surface area contributed by atoms with Gasteiger partial charge in [-0.2, -0.15) is 0 Å². The van der Waals surface area contributed by atoms with Gasteiger partial charge in [-0.3, -0.25) is 0 Å². The van der Waals surface area contributed by atoms with Gasteiger partial charge in [0.15, 0.2) is 5.58 Å². The van der Waals surface area contributed by atoms with Crippen LogP contribution < -0.4 is 0 Å². The van der Waals surface area contributed by atoms with Crippen LogP contribution in [0.5, 0.6) is 0 Å². The molecule has 0 fully saturated rings. The predicted molar refractivity (Wildman–Crippen MR) is 82.7 cm³/mol. The van der Waals surface area contributed by atoms with Crippen molar-refractivity contribution in [2.45, 2.75) is 6.92 Å². The molecule has 0 saturated heterocycles. The highest BCUT2D eigenvalue weighted by atomic mass is 35.5. The molecule has 0 aliphatic rings. The summed E-state index contributed by atoms with van der Waals surface area (Å²) in [5.41, 5.74) is 3.17. The van der Waals surface area contributed by atoms with Crippen LogP contribution in [0.25, 0.3) is 22.1 Å². The number of ether oxygens (including phenoxy) is 1. The zero-order valence-corrected chi connectivity index (χ0v) is 12.4. The molecule has 3 rings (SSSR count). The molecule has 0 aliphatic heterocycles. The number of carbonyl (C=O) groups is 1. The average molecular weight is 301 g/mol. The van der Waals surface area contributed by atoms with E-state index in [9.17, 15) is 4.79 Å². The largest absolute Gasteiger partial charge is 0.465 e. The summed E-state index contributed by atoms with van der Waals surface area (Å²) in [7, 11) is 1.37. The van der Waals surface area contributed by atoms with Crippen molar-refractivity contribution in [3.8, 4) is 11.1 Å². The molecule has 0 atom stereocenters. The Hall–Kier alpha value is -2.26. The van der Waals surface area contributed by atoms with Gasteiger partial charge >= 0.3 is 5.97 Å². The second kappa shape index (κ2) is 5.26. The van der Waals surface area contributed by atoms with E-state index in [1.807, 2.05) is 37.3 Å². The number of benzene rings is 2. The minimum atomic E-state index is -0.347. The second-order valence-electron chi connectivity index (χ2n) is 4.80. The van der Waals surface area contributed by atoms with Crippen LogP contribution in [0.2, 0.25) is 5.02 Å². The summed E-state index contributed by atoms with van der Waals surface area (Å²) in [6.45, 7) is 1.89. The van der Waals surface area contributed by atoms with Gasteiger partial charge in [0, 0.05) is 5.39 Å². The quantitative estimate of drug-likeness (QED) is 0.635. The second-order valence-corrected chi connectivity index (χ2v) is 5.21. The summed E-state index contributed by atoms with van der Waals surface area (Å²) in [6, 6.07) is 13.0. The lowest BCUT2D eigenvalue weighted by Gasteiger charge is -2.05. The Morgan fingerprint density at radius 1 is 1.10 bits per heavy atom. The highest BCUT2D eigenvalue weighted by molar-refractivity contribution is 6.35. The number of hydrogen-bond acceptors (Lipinski definition) is 3. The first-order valence-corrected chi connectivity index (χ1v) is 6.85. The Kier molecular flexibility index (Phi) is 3.43. The van der Waals surface area contributed by atoms with Crippen molar-refractivity contribution < 1.29 is 13.9 Å². The first-order valence-electron chi connectivity index (χ1n) is 6.47. The fourth-order valence-corrected chi connectivity index (χ4v) is 2.59. The summed E-state index contributed by atoms with van der Waals surface area (Å²) in [6.07, 6.45) is 0. The molecular weight excluding hydrogens is 288 g/mol. The maximum atomic E-state index is 11.4. The van der Waals surface area contributed by atoms with E-state index in [0.29, 0.717) is 16.2 Å². The lowest BCUT2D eigenvalue weighted by molar-refractivity contribution is 0.0601. The Balaban J connectivity index is 2.05. The Labute approximate surface area is 127 Å². The van der Waals surface area contributed by atoms with E-state index in [-0.39, 0.29) is 5.97 Å². The fraction of sp³-hybridized carbons (Fsp3) is 0.118. The summed E-state index contributed by atoms with van der Waals surface area (Å²) >= 11 is 6.26. The minimum absolute atomic E-state index is 0.347. The molecule has 2 aromatic carbocycles. The Morgan fingerprint density at radius 3 is 2.48 bits per heavy atom. The molecular formula is C17H13ClO3. The van der Waals surface area contributed by atoms with Gasteiger partial charge in [0.2, 0.25) is 0 Å². The van der Waals surface area contributed by atoms with Gasteiger partial charge in [-0.25, -0.2) is 4.79 Å². The zero-order chi connectivity index (χ0) is 15.0. The number of esters is 1. The first kappa shape index (κ1) is 13.7. The third-order valence-corrected chi connectivity index (χ3v) is 3.61. The average Bonchev–Trinajstić information content (AvgIpc) is 2.87. The van der Waals surface area contributed by atoms with E-state index in [1.165, 1.54) is 7.11 Å². The number of carbonyl (C=O) groups excluding carboxylic acids is 1. The van der Waals surface area contributed by atoms with Crippen LogP contribution >= 0.6 is 11.6 Å². The molecule has 1 aromatic heterocycles. The molecule has 0 spiro atoms. The summed E-state index contributed by atoms with van der Waals surface area (Å²) < 4.78 is 10.3. The number of fused-ring (bicyclic) bond motifs is 1. The molecule has 1 heterocycles. The van der Waals surface area contributed by atoms with Crippen molar-refractivity contribution in [2.24, 2.45) is 0 Å². The lowest BCUT2D eigenvalue weighted by atomic mass is 10.0. The molecule has 0 radical (unpaired) electrons. The SMILES string of the molecule is COC(=O)c1ccc(-c2cc(Cl)c3oc(C)cc3c2)cc1. The molecule has 3 nitrogen and oxygen atoms in total. The third kappa shape index (κ3) is 2.52. The van der Waals surface area contributed by atoms with Crippen LogP contribution in [0, 0.1) is 6.92 Å². The minimum Gasteiger partial charge on any atom is -0.465 e. The zero-order valence-electron chi connectivity index (χ0n) is 11.6. The molecule has 0 saturated carbocycles. The summed E-state index contributed by atoms with van der Waals surface area (Å²) in [4.78, 5) is 11.4. The molecule has 0 bridgehead atoms. The van der Waals surface area contributed by atoms with E-state index < -0.39 is 0 Å². The molecule has 0 amide bonds. The van der Waals surface area contributed by atoms with E-state index in [2.05, 4.69) is 4.74 Å². The summed E-state index contributed by atoms with van der Waals surface area (Å²) in [5, 5.41) is 1.54. The highest BCUT2D eigenvalue weighted by Crippen LogP contribution is 2.32. The van der Waals surface area contributed by atoms with Gasteiger partial charge < -0.3 is 9.15 Å². The Bertz CT molecular complexity index is 816. The normalized spacial score (nSPS) is 10.8. The monoisotopic (exact) mass is 300 g/mol. The molecule has 0 N–H and O–H groups in total. The molecule has 4 heteroatoms. The number of furan rings is 1. The van der Waals surface area contributed by atoms with Crippen LogP contribution in [-0.2, 0) is 4.74 Å². The van der Waals surface area contributed by atoms with Crippen LogP contribution in [0.1, 0.15) is 16.1 Å². The molecule has 0 unspecified atom stereocenters. The molecule has 3 aromatic rings. The fourth-order valence-electron chi connectivity index (χ4n) is 2.32. The predicted octanol–water partition coefficient (Wildman–Crippen LogP) is 4.85. The molecule has 21 heavy (non-hydrogen) atoms. The highest BCUT2D eigenvalue weighted by Gasteiger charge is 2.10. The van der Waals surface area contributed by atoms with Gasteiger partial charge in [-0.05, 0) is 48.4 Å². The molecule has 0 aliphatic carbocycles. The van der Waals surface area contributed by atoms with E-state index in [0.717, 1.165) is 22.3 Å². The van der Waals surface area contributed by atoms with Crippen LogP contribution in [0.3, 0.4) is 0 Å². The van der Waals surface area contributed by atoms with Gasteiger partial charge in [-0.1, -0.05) is 23.7 Å². The Morgan fingerprint density at radius 2 is 1.81 bits per heavy atom. The number of methoxy groups -OCH3 is 1. The standard InChI is InChI=1S/C17H13ClO3/c1-10-7-14-8-13(9-15(18)16(14)21-10)11-3-5-12(6-4-11)17(19)20-2/h3-9H,1-2H3. The van der Waals surface area contributed by atoms with Gasteiger partial charge in [0.1, 0.15) is 5.76 Å². The number of halogens is 1. The number of hydrogen-bond donors (Lipinski definition) is 0. The van der Waals surface area contributed by atoms with E-state index in [1.54, 1.807) is 12.1 Å². The summed E-state index contributed by atoms with van der Waals surface area (Å²) in [5.74, 6) is 0.477. The van der Waals surface area contributed by atoms with E-state index in [4.69, 9.17) is 16.0 Å². The van der Waals surface area contributed by atoms with Crippen molar-refractivity contribution in [1.29, 1.82) is 0 Å². The smallest absolute Gasteiger partial charge is 0.337 e. The lowest BCUT2D eigenvalue weighted by Crippen LogP contribution is -2.00. The first-order chi connectivity index (χ1) is 10.1. The van der Waals surface area contributed by atoms with Crippen molar-refractivity contribution >= 4 is 28.5 Å². The van der Waals surface area contributed by atoms with E-state index >= 15 is 0 Å². The van der Waals surface area contributed by atoms with Gasteiger partial charge in [-0.15, -0.1) is 0 Å². The van der Waals surface area contributed by atoms with Crippen LogP contribution in [-0.4, -0.2) is 13.1 Å². The van der Waals surface area contributed by atoms with Crippen molar-refractivity contribution in [2.75, 3.05) is 7.11 Å². The maximum absolute atomic E-state index is 11.4. The third-order valence-electron chi connectivity index (χ3n) is 3.33. The molecule has 106 valence electrons. The van der Waals surface area contributed by atoms with Gasteiger partial charge in [0.25, 0.3) is 0 Å². The number of aryl methyl sites for hydroxylation is 1. The maximum Gasteiger partial charge on any atom is 0.337 e. The van der Waals surface area contributed by atoms with Crippen LogP contribution in [0.4, 0.5) is 0 Å².